The van der Waals surface area contributed by atoms with E-state index in [0.717, 1.165) is 0 Å². The Bertz CT molecular complexity index is 233. The molecule has 1 heteroatoms. The molecule has 0 heterocycles. The summed E-state index contributed by atoms with van der Waals surface area (Å²) in [6.45, 7) is 9.46. The summed E-state index contributed by atoms with van der Waals surface area (Å²) < 4.78 is 0. The molecule has 0 aliphatic heterocycles. The summed E-state index contributed by atoms with van der Waals surface area (Å²) in [4.78, 5) is 0. The van der Waals surface area contributed by atoms with Gasteiger partial charge in [0.2, 0.25) is 0 Å². The summed E-state index contributed by atoms with van der Waals surface area (Å²) in [7, 11) is -0.749. The van der Waals surface area contributed by atoms with Crippen molar-refractivity contribution in [3.63, 3.8) is 0 Å². The fourth-order valence-electron chi connectivity index (χ4n) is 1.24. The van der Waals surface area contributed by atoms with Gasteiger partial charge in [0.1, 0.15) is 0 Å². The van der Waals surface area contributed by atoms with Crippen molar-refractivity contribution in [2.45, 2.75) is 32.4 Å². The fourth-order valence-corrected chi connectivity index (χ4v) is 3.04. The molecule has 0 N–H and O–H groups in total. The van der Waals surface area contributed by atoms with Gasteiger partial charge in [-0.3, -0.25) is 0 Å². The number of hydrogen-bond acceptors (Lipinski definition) is 0. The van der Waals surface area contributed by atoms with Crippen molar-refractivity contribution in [1.82, 2.24) is 0 Å². The van der Waals surface area contributed by atoms with Crippen molar-refractivity contribution in [2.24, 2.45) is 0 Å². The van der Waals surface area contributed by atoms with Crippen molar-refractivity contribution in [3.05, 3.63) is 30.3 Å². The molecule has 0 bridgehead atoms. The third-order valence-corrected chi connectivity index (χ3v) is 6.58. The van der Waals surface area contributed by atoms with Crippen LogP contribution in [0, 0.1) is 0 Å². The highest BCUT2D eigenvalue weighted by Gasteiger charge is 2.22. The van der Waals surface area contributed by atoms with Gasteiger partial charge >= 0.3 is 0 Å². The van der Waals surface area contributed by atoms with Gasteiger partial charge in [-0.05, 0) is 5.04 Å². The summed E-state index contributed by atoms with van der Waals surface area (Å²) in [5.41, 5.74) is 0. The standard InChI is InChI=1S/C11H18Si/c1-11(2,3)12(4)10-8-6-5-7-9-10/h5-9,12H,1-4H3/t12-/m1/s1. The van der Waals surface area contributed by atoms with Gasteiger partial charge in [-0.1, -0.05) is 62.8 Å². The van der Waals surface area contributed by atoms with Crippen LogP contribution in [-0.4, -0.2) is 8.80 Å². The first-order valence-corrected chi connectivity index (χ1v) is 6.87. The van der Waals surface area contributed by atoms with Crippen molar-refractivity contribution in [3.8, 4) is 0 Å². The lowest BCUT2D eigenvalue weighted by molar-refractivity contribution is 0.746. The van der Waals surface area contributed by atoms with E-state index in [-0.39, 0.29) is 0 Å². The second-order valence-corrected chi connectivity index (χ2v) is 8.34. The monoisotopic (exact) mass is 178 g/mol. The summed E-state index contributed by atoms with van der Waals surface area (Å²) in [5, 5.41) is 2.08. The molecule has 0 aromatic heterocycles. The lowest BCUT2D eigenvalue weighted by atomic mass is 10.2. The van der Waals surface area contributed by atoms with Gasteiger partial charge in [0.25, 0.3) is 0 Å². The SMILES string of the molecule is C[Si@H](c1ccccc1)C(C)(C)C. The Balaban J connectivity index is 2.86. The van der Waals surface area contributed by atoms with E-state index >= 15 is 0 Å². The molecule has 0 radical (unpaired) electrons. The summed E-state index contributed by atoms with van der Waals surface area (Å²) >= 11 is 0. The second-order valence-electron chi connectivity index (χ2n) is 4.50. The van der Waals surface area contributed by atoms with E-state index in [1.807, 2.05) is 0 Å². The van der Waals surface area contributed by atoms with Crippen molar-refractivity contribution < 1.29 is 0 Å². The first-order valence-electron chi connectivity index (χ1n) is 4.57. The third-order valence-electron chi connectivity index (χ3n) is 2.60. The Morgan fingerprint density at radius 3 is 1.92 bits per heavy atom. The zero-order valence-corrected chi connectivity index (χ0v) is 9.62. The molecule has 12 heavy (non-hydrogen) atoms. The van der Waals surface area contributed by atoms with Gasteiger partial charge < -0.3 is 0 Å². The van der Waals surface area contributed by atoms with Crippen LogP contribution in [0.15, 0.2) is 30.3 Å². The van der Waals surface area contributed by atoms with Crippen molar-refractivity contribution >= 4 is 14.0 Å². The van der Waals surface area contributed by atoms with E-state index in [9.17, 15) is 0 Å². The average Bonchev–Trinajstić information content (AvgIpc) is 2.03. The zero-order valence-electron chi connectivity index (χ0n) is 8.46. The smallest absolute Gasteiger partial charge is 0.0676 e. The maximum Gasteiger partial charge on any atom is 0.0730 e. The highest BCUT2D eigenvalue weighted by Crippen LogP contribution is 2.26. The lowest BCUT2D eigenvalue weighted by Gasteiger charge is -2.26. The first-order chi connectivity index (χ1) is 5.52. The number of rotatable bonds is 1. The van der Waals surface area contributed by atoms with E-state index in [0.29, 0.717) is 5.04 Å². The molecule has 0 fully saturated rings. The maximum absolute atomic E-state index is 2.43. The molecule has 1 rings (SSSR count). The Hall–Kier alpha value is -0.563. The van der Waals surface area contributed by atoms with Crippen LogP contribution in [0.3, 0.4) is 0 Å². The maximum atomic E-state index is 2.43. The molecule has 0 spiro atoms. The van der Waals surface area contributed by atoms with Gasteiger partial charge in [0.05, 0.1) is 8.80 Å². The van der Waals surface area contributed by atoms with Gasteiger partial charge in [-0.15, -0.1) is 0 Å². The number of benzene rings is 1. The molecule has 66 valence electrons. The van der Waals surface area contributed by atoms with Crippen LogP contribution in [0.5, 0.6) is 0 Å². The molecule has 0 unspecified atom stereocenters. The van der Waals surface area contributed by atoms with Crippen LogP contribution in [0.4, 0.5) is 0 Å². The van der Waals surface area contributed by atoms with E-state index in [1.54, 1.807) is 5.19 Å². The molecule has 0 aliphatic rings. The fraction of sp³-hybridized carbons (Fsp3) is 0.455. The van der Waals surface area contributed by atoms with Crippen LogP contribution in [-0.2, 0) is 0 Å². The number of hydrogen-bond donors (Lipinski definition) is 0. The molecular weight excluding hydrogens is 160 g/mol. The minimum absolute atomic E-state index is 0.501. The van der Waals surface area contributed by atoms with Gasteiger partial charge in [0.15, 0.2) is 0 Å². The van der Waals surface area contributed by atoms with Crippen LogP contribution in [0.2, 0.25) is 11.6 Å². The minimum atomic E-state index is -0.749. The average molecular weight is 178 g/mol. The van der Waals surface area contributed by atoms with Crippen LogP contribution in [0.1, 0.15) is 20.8 Å². The zero-order chi connectivity index (χ0) is 9.19. The van der Waals surface area contributed by atoms with Gasteiger partial charge in [-0.25, -0.2) is 0 Å². The Labute approximate surface area is 77.2 Å². The predicted molar refractivity (Wildman–Crippen MR) is 58.8 cm³/mol. The minimum Gasteiger partial charge on any atom is -0.0676 e. The summed E-state index contributed by atoms with van der Waals surface area (Å²) in [5.74, 6) is 0. The van der Waals surface area contributed by atoms with Gasteiger partial charge in [0, 0.05) is 0 Å². The highest BCUT2D eigenvalue weighted by molar-refractivity contribution is 6.74. The normalized spacial score (nSPS) is 14.3. The van der Waals surface area contributed by atoms with E-state index in [4.69, 9.17) is 0 Å². The van der Waals surface area contributed by atoms with Crippen molar-refractivity contribution in [2.75, 3.05) is 0 Å². The topological polar surface area (TPSA) is 0 Å². The van der Waals surface area contributed by atoms with E-state index in [1.165, 1.54) is 0 Å². The molecule has 1 aromatic rings. The van der Waals surface area contributed by atoms with Crippen molar-refractivity contribution in [1.29, 1.82) is 0 Å². The third kappa shape index (κ3) is 2.21. The van der Waals surface area contributed by atoms with Gasteiger partial charge in [-0.2, -0.15) is 0 Å². The lowest BCUT2D eigenvalue weighted by Crippen LogP contribution is -2.35. The molecule has 0 saturated heterocycles. The molecule has 0 nitrogen and oxygen atoms in total. The summed E-state index contributed by atoms with van der Waals surface area (Å²) in [6.07, 6.45) is 0. The second kappa shape index (κ2) is 3.44. The molecule has 0 aliphatic carbocycles. The molecule has 1 aromatic carbocycles. The first kappa shape index (κ1) is 9.52. The Morgan fingerprint density at radius 1 is 1.00 bits per heavy atom. The highest BCUT2D eigenvalue weighted by atomic mass is 28.3. The molecule has 0 amide bonds. The Morgan fingerprint density at radius 2 is 1.50 bits per heavy atom. The predicted octanol–water partition coefficient (Wildman–Crippen LogP) is 2.55. The van der Waals surface area contributed by atoms with E-state index < -0.39 is 8.80 Å². The van der Waals surface area contributed by atoms with E-state index in [2.05, 4.69) is 57.7 Å². The van der Waals surface area contributed by atoms with Crippen LogP contribution in [0.25, 0.3) is 0 Å². The quantitative estimate of drug-likeness (QED) is 0.580. The van der Waals surface area contributed by atoms with Crippen LogP contribution >= 0.6 is 0 Å². The Kier molecular flexibility index (Phi) is 2.73. The summed E-state index contributed by atoms with van der Waals surface area (Å²) in [6, 6.07) is 10.9. The largest absolute Gasteiger partial charge is 0.0730 e. The molecule has 0 saturated carbocycles. The molecule has 1 atom stereocenters. The molecular formula is C11H18Si. The van der Waals surface area contributed by atoms with Crippen LogP contribution < -0.4 is 5.19 Å².